The van der Waals surface area contributed by atoms with E-state index in [9.17, 15) is 4.79 Å². The van der Waals surface area contributed by atoms with Crippen LogP contribution in [0.4, 0.5) is 5.69 Å². The van der Waals surface area contributed by atoms with Crippen LogP contribution >= 0.6 is 0 Å². The average Bonchev–Trinajstić information content (AvgIpc) is 2.67. The highest BCUT2D eigenvalue weighted by Crippen LogP contribution is 2.29. The van der Waals surface area contributed by atoms with E-state index in [-0.39, 0.29) is 11.9 Å². The quantitative estimate of drug-likeness (QED) is 0.794. The van der Waals surface area contributed by atoms with Gasteiger partial charge in [0, 0.05) is 18.3 Å². The summed E-state index contributed by atoms with van der Waals surface area (Å²) in [5, 5.41) is 3.34. The van der Waals surface area contributed by atoms with Crippen LogP contribution in [0.2, 0.25) is 0 Å². The first kappa shape index (κ1) is 18.5. The van der Waals surface area contributed by atoms with Gasteiger partial charge in [0.1, 0.15) is 6.04 Å². The van der Waals surface area contributed by atoms with E-state index in [2.05, 4.69) is 60.5 Å². The second-order valence-electron chi connectivity index (χ2n) is 7.28. The number of nitrogens with one attached hydrogen (secondary N) is 1. The molecule has 3 rings (SSSR count). The van der Waals surface area contributed by atoms with E-state index in [4.69, 9.17) is 0 Å². The fraction of sp³-hybridized carbons (Fsp3) is 0.435. The number of nitrogens with zero attached hydrogens (tertiary/aromatic N) is 1. The van der Waals surface area contributed by atoms with Gasteiger partial charge in [0.2, 0.25) is 5.91 Å². The molecule has 1 saturated carbocycles. The number of aryl methyl sites for hydroxylation is 1. The highest BCUT2D eigenvalue weighted by Gasteiger charge is 2.29. The molecule has 1 aliphatic rings. The molecule has 26 heavy (non-hydrogen) atoms. The zero-order valence-corrected chi connectivity index (χ0v) is 15.9. The van der Waals surface area contributed by atoms with Crippen molar-refractivity contribution in [3.63, 3.8) is 0 Å². The second kappa shape index (κ2) is 8.88. The topological polar surface area (TPSA) is 32.3 Å². The van der Waals surface area contributed by atoms with E-state index in [1.807, 2.05) is 18.2 Å². The smallest absolute Gasteiger partial charge is 0.247 e. The molecule has 0 spiro atoms. The normalized spacial score (nSPS) is 16.1. The Morgan fingerprint density at radius 3 is 2.46 bits per heavy atom. The highest BCUT2D eigenvalue weighted by atomic mass is 16.2. The second-order valence-corrected chi connectivity index (χ2v) is 7.28. The number of anilines is 1. The molecule has 3 nitrogen and oxygen atoms in total. The molecular formula is C23H30N2O. The van der Waals surface area contributed by atoms with Crippen LogP contribution in [-0.2, 0) is 4.79 Å². The van der Waals surface area contributed by atoms with Gasteiger partial charge in [-0.15, -0.1) is 0 Å². The Labute approximate surface area is 157 Å². The third kappa shape index (κ3) is 4.46. The summed E-state index contributed by atoms with van der Waals surface area (Å²) in [5.74, 6) is 0.117. The van der Waals surface area contributed by atoms with Gasteiger partial charge in [-0.3, -0.25) is 4.79 Å². The summed E-state index contributed by atoms with van der Waals surface area (Å²) in [7, 11) is 0. The van der Waals surface area contributed by atoms with Crippen molar-refractivity contribution in [2.45, 2.75) is 58.0 Å². The largest absolute Gasteiger partial charge is 0.356 e. The van der Waals surface area contributed by atoms with E-state index in [1.165, 1.54) is 24.8 Å². The van der Waals surface area contributed by atoms with Gasteiger partial charge in [-0.05, 0) is 49.9 Å². The highest BCUT2D eigenvalue weighted by molar-refractivity contribution is 5.87. The number of amides is 1. The van der Waals surface area contributed by atoms with Crippen molar-refractivity contribution in [2.75, 3.05) is 11.4 Å². The lowest BCUT2D eigenvalue weighted by atomic mass is 9.94. The van der Waals surface area contributed by atoms with Crippen molar-refractivity contribution in [1.29, 1.82) is 0 Å². The number of rotatable bonds is 6. The molecule has 0 saturated heterocycles. The number of hydrogen-bond acceptors (Lipinski definition) is 2. The molecule has 1 N–H and O–H groups in total. The number of hydrogen-bond donors (Lipinski definition) is 1. The Kier molecular flexibility index (Phi) is 6.32. The molecule has 2 aromatic carbocycles. The molecule has 0 heterocycles. The van der Waals surface area contributed by atoms with Crippen LogP contribution in [0.15, 0.2) is 54.6 Å². The van der Waals surface area contributed by atoms with E-state index in [0.717, 1.165) is 30.6 Å². The maximum Gasteiger partial charge on any atom is 0.247 e. The monoisotopic (exact) mass is 350 g/mol. The van der Waals surface area contributed by atoms with Crippen LogP contribution in [0.1, 0.15) is 56.2 Å². The van der Waals surface area contributed by atoms with Gasteiger partial charge in [-0.2, -0.15) is 0 Å². The zero-order chi connectivity index (χ0) is 18.4. The molecule has 2 aromatic rings. The van der Waals surface area contributed by atoms with Gasteiger partial charge in [-0.1, -0.05) is 61.7 Å². The molecule has 3 heteroatoms. The molecule has 0 radical (unpaired) electrons. The minimum absolute atomic E-state index is 0.117. The van der Waals surface area contributed by atoms with Crippen molar-refractivity contribution in [1.82, 2.24) is 5.32 Å². The molecular weight excluding hydrogens is 320 g/mol. The lowest BCUT2D eigenvalue weighted by Crippen LogP contribution is -2.45. The van der Waals surface area contributed by atoms with Crippen molar-refractivity contribution in [3.8, 4) is 0 Å². The van der Waals surface area contributed by atoms with Gasteiger partial charge < -0.3 is 10.2 Å². The van der Waals surface area contributed by atoms with Crippen LogP contribution in [0.5, 0.6) is 0 Å². The van der Waals surface area contributed by atoms with Crippen molar-refractivity contribution < 1.29 is 4.79 Å². The summed E-state index contributed by atoms with van der Waals surface area (Å²) >= 11 is 0. The Hall–Kier alpha value is -2.29. The summed E-state index contributed by atoms with van der Waals surface area (Å²) in [6.07, 6.45) is 5.93. The van der Waals surface area contributed by atoms with Crippen molar-refractivity contribution in [2.24, 2.45) is 0 Å². The van der Waals surface area contributed by atoms with Gasteiger partial charge in [-0.25, -0.2) is 0 Å². The number of carbonyl (C=O) groups excluding carboxylic acids is 1. The zero-order valence-electron chi connectivity index (χ0n) is 15.9. The van der Waals surface area contributed by atoms with E-state index in [0.29, 0.717) is 6.04 Å². The van der Waals surface area contributed by atoms with Crippen LogP contribution in [0.25, 0.3) is 0 Å². The molecule has 0 bridgehead atoms. The molecule has 1 amide bonds. The first-order valence-electron chi connectivity index (χ1n) is 9.87. The minimum atomic E-state index is -0.301. The standard InChI is InChI=1S/C23H30N2O/c1-3-25(21-16-10-11-18(2)17-21)22(19-12-6-4-7-13-19)23(26)24-20-14-8-5-9-15-20/h4,6-7,10-13,16-17,20,22H,3,5,8-9,14-15H2,1-2H3,(H,24,26). The van der Waals surface area contributed by atoms with Crippen LogP contribution in [0.3, 0.4) is 0 Å². The molecule has 1 aliphatic carbocycles. The van der Waals surface area contributed by atoms with Crippen LogP contribution < -0.4 is 10.2 Å². The Morgan fingerprint density at radius 1 is 1.08 bits per heavy atom. The maximum absolute atomic E-state index is 13.3. The lowest BCUT2D eigenvalue weighted by molar-refractivity contribution is -0.123. The first-order chi connectivity index (χ1) is 12.7. The van der Waals surface area contributed by atoms with E-state index < -0.39 is 0 Å². The fourth-order valence-corrected chi connectivity index (χ4v) is 3.96. The predicted molar refractivity (Wildman–Crippen MR) is 108 cm³/mol. The maximum atomic E-state index is 13.3. The summed E-state index contributed by atoms with van der Waals surface area (Å²) in [6, 6.07) is 18.6. The Morgan fingerprint density at radius 2 is 1.81 bits per heavy atom. The van der Waals surface area contributed by atoms with Gasteiger partial charge in [0.05, 0.1) is 0 Å². The fourth-order valence-electron chi connectivity index (χ4n) is 3.96. The molecule has 1 atom stereocenters. The molecule has 1 fully saturated rings. The summed E-state index contributed by atoms with van der Waals surface area (Å²) in [5.41, 5.74) is 3.35. The summed E-state index contributed by atoms with van der Waals surface area (Å²) < 4.78 is 0. The van der Waals surface area contributed by atoms with Gasteiger partial charge >= 0.3 is 0 Å². The Balaban J connectivity index is 1.90. The van der Waals surface area contributed by atoms with E-state index in [1.54, 1.807) is 0 Å². The average molecular weight is 351 g/mol. The number of benzene rings is 2. The number of carbonyl (C=O) groups is 1. The lowest BCUT2D eigenvalue weighted by Gasteiger charge is -2.34. The van der Waals surface area contributed by atoms with Crippen LogP contribution in [-0.4, -0.2) is 18.5 Å². The molecule has 0 aromatic heterocycles. The number of likely N-dealkylation sites (N-methyl/N-ethyl adjacent to an activating group) is 1. The Bertz CT molecular complexity index is 707. The van der Waals surface area contributed by atoms with Crippen LogP contribution in [0, 0.1) is 6.92 Å². The molecule has 0 aliphatic heterocycles. The van der Waals surface area contributed by atoms with Crippen molar-refractivity contribution in [3.05, 3.63) is 65.7 Å². The van der Waals surface area contributed by atoms with Crippen molar-refractivity contribution >= 4 is 11.6 Å². The van der Waals surface area contributed by atoms with E-state index >= 15 is 0 Å². The third-order valence-electron chi connectivity index (χ3n) is 5.30. The summed E-state index contributed by atoms with van der Waals surface area (Å²) in [4.78, 5) is 15.5. The minimum Gasteiger partial charge on any atom is -0.356 e. The molecule has 1 unspecified atom stereocenters. The first-order valence-corrected chi connectivity index (χ1v) is 9.87. The SMILES string of the molecule is CCN(c1cccc(C)c1)C(C(=O)NC1CCCCC1)c1ccccc1. The van der Waals surface area contributed by atoms with Gasteiger partial charge in [0.25, 0.3) is 0 Å². The van der Waals surface area contributed by atoms with Gasteiger partial charge in [0.15, 0.2) is 0 Å². The predicted octanol–water partition coefficient (Wildman–Crippen LogP) is 5.01. The third-order valence-corrected chi connectivity index (χ3v) is 5.30. The summed E-state index contributed by atoms with van der Waals surface area (Å²) in [6.45, 7) is 4.99. The molecule has 138 valence electrons.